The van der Waals surface area contributed by atoms with Gasteiger partial charge in [-0.25, -0.2) is 0 Å². The van der Waals surface area contributed by atoms with Crippen LogP contribution in [0.15, 0.2) is 79.9 Å². The van der Waals surface area contributed by atoms with Crippen LogP contribution in [0.3, 0.4) is 0 Å². The molecule has 1 fully saturated rings. The van der Waals surface area contributed by atoms with Gasteiger partial charge in [0.1, 0.15) is 0 Å². The molecule has 20 heavy (non-hydrogen) atoms. The van der Waals surface area contributed by atoms with Crippen LogP contribution in [0.5, 0.6) is 0 Å². The van der Waals surface area contributed by atoms with Gasteiger partial charge in [0.15, 0.2) is 0 Å². The van der Waals surface area contributed by atoms with Crippen LogP contribution in [0.4, 0.5) is 0 Å². The molecule has 0 nitrogen and oxygen atoms in total. The van der Waals surface area contributed by atoms with Gasteiger partial charge >= 0.3 is 0 Å². The summed E-state index contributed by atoms with van der Waals surface area (Å²) in [7, 11) is 0. The fourth-order valence-electron chi connectivity index (χ4n) is 3.76. The van der Waals surface area contributed by atoms with Crippen LogP contribution in [0.2, 0.25) is 0 Å². The first kappa shape index (κ1) is 14.6. The summed E-state index contributed by atoms with van der Waals surface area (Å²) in [6, 6.07) is 10.9. The lowest BCUT2D eigenvalue weighted by Gasteiger charge is -2.29. The van der Waals surface area contributed by atoms with Gasteiger partial charge in [0.2, 0.25) is 0 Å². The van der Waals surface area contributed by atoms with E-state index in [0.29, 0.717) is 23.7 Å². The SMILES string of the molecule is C=C.[CH2]/C=C(\C=C)C1C2C=CC(C2)C1c1ccccc1. The van der Waals surface area contributed by atoms with Crippen molar-refractivity contribution in [2.24, 2.45) is 17.8 Å². The number of allylic oxidation sites excluding steroid dienone is 5. The normalized spacial score (nSPS) is 30.8. The highest BCUT2D eigenvalue weighted by molar-refractivity contribution is 5.37. The Bertz CT molecular complexity index is 506. The molecule has 0 heterocycles. The quantitative estimate of drug-likeness (QED) is 0.510. The predicted molar refractivity (Wildman–Crippen MR) is 88.3 cm³/mol. The third kappa shape index (κ3) is 2.43. The number of hydrogen-bond donors (Lipinski definition) is 0. The Hall–Kier alpha value is -1.82. The van der Waals surface area contributed by atoms with E-state index < -0.39 is 0 Å². The molecule has 0 N–H and O–H groups in total. The zero-order chi connectivity index (χ0) is 14.5. The maximum atomic E-state index is 3.96. The fourth-order valence-corrected chi connectivity index (χ4v) is 3.76. The van der Waals surface area contributed by atoms with Crippen molar-refractivity contribution in [2.75, 3.05) is 0 Å². The van der Waals surface area contributed by atoms with E-state index in [9.17, 15) is 0 Å². The predicted octanol–water partition coefficient (Wildman–Crippen LogP) is 5.34. The first-order valence-corrected chi connectivity index (χ1v) is 7.20. The molecule has 4 unspecified atom stereocenters. The molecule has 0 heteroatoms. The summed E-state index contributed by atoms with van der Waals surface area (Å²) < 4.78 is 0. The van der Waals surface area contributed by atoms with Crippen molar-refractivity contribution in [3.63, 3.8) is 0 Å². The van der Waals surface area contributed by atoms with Crippen molar-refractivity contribution < 1.29 is 0 Å². The summed E-state index contributed by atoms with van der Waals surface area (Å²) in [5.74, 6) is 2.54. The molecule has 4 atom stereocenters. The van der Waals surface area contributed by atoms with Gasteiger partial charge in [0.25, 0.3) is 0 Å². The van der Waals surface area contributed by atoms with Crippen molar-refractivity contribution >= 4 is 0 Å². The number of rotatable bonds is 3. The van der Waals surface area contributed by atoms with Crippen molar-refractivity contribution in [3.8, 4) is 0 Å². The lowest BCUT2D eigenvalue weighted by Crippen LogP contribution is -2.19. The Morgan fingerprint density at radius 3 is 2.30 bits per heavy atom. The van der Waals surface area contributed by atoms with Crippen molar-refractivity contribution in [1.82, 2.24) is 0 Å². The summed E-state index contributed by atoms with van der Waals surface area (Å²) in [5, 5.41) is 0. The van der Waals surface area contributed by atoms with Gasteiger partial charge in [-0.1, -0.05) is 61.2 Å². The molecule has 1 saturated carbocycles. The molecule has 103 valence electrons. The van der Waals surface area contributed by atoms with Gasteiger partial charge in [0, 0.05) is 0 Å². The average molecular weight is 263 g/mol. The number of benzene rings is 1. The summed E-state index contributed by atoms with van der Waals surface area (Å²) >= 11 is 0. The highest BCUT2D eigenvalue weighted by Crippen LogP contribution is 2.55. The Morgan fingerprint density at radius 1 is 1.05 bits per heavy atom. The highest BCUT2D eigenvalue weighted by Gasteiger charge is 2.45. The van der Waals surface area contributed by atoms with Gasteiger partial charge in [0.05, 0.1) is 0 Å². The lowest BCUT2D eigenvalue weighted by molar-refractivity contribution is 0.462. The van der Waals surface area contributed by atoms with E-state index in [2.05, 4.69) is 69.1 Å². The van der Waals surface area contributed by atoms with Crippen LogP contribution >= 0.6 is 0 Å². The second-order valence-electron chi connectivity index (χ2n) is 5.32. The van der Waals surface area contributed by atoms with Gasteiger partial charge in [-0.2, -0.15) is 0 Å². The van der Waals surface area contributed by atoms with E-state index in [-0.39, 0.29) is 0 Å². The third-order valence-corrected chi connectivity index (χ3v) is 4.50. The third-order valence-electron chi connectivity index (χ3n) is 4.50. The van der Waals surface area contributed by atoms with Crippen LogP contribution in [0.1, 0.15) is 17.9 Å². The largest absolute Gasteiger partial charge is 0.106 e. The lowest BCUT2D eigenvalue weighted by atomic mass is 9.74. The summed E-state index contributed by atoms with van der Waals surface area (Å²) in [6.07, 6.45) is 10.1. The topological polar surface area (TPSA) is 0 Å². The molecule has 1 aromatic carbocycles. The Balaban J connectivity index is 0.000000704. The minimum absolute atomic E-state index is 0.567. The molecule has 3 rings (SSSR count). The van der Waals surface area contributed by atoms with E-state index in [1.807, 2.05) is 12.2 Å². The molecule has 2 aliphatic carbocycles. The van der Waals surface area contributed by atoms with Gasteiger partial charge in [-0.05, 0) is 48.2 Å². The monoisotopic (exact) mass is 263 g/mol. The van der Waals surface area contributed by atoms with Gasteiger partial charge < -0.3 is 0 Å². The molecule has 2 bridgehead atoms. The standard InChI is InChI=1S/C18H19.C2H4/c1-3-13(4-2)17-15-10-11-16(12-15)18(17)14-8-6-5-7-9-14;1-2/h3-11,15-18H,1-2,12H2;1-2H2/b13-3+;. The fraction of sp³-hybridized carbons (Fsp3) is 0.250. The Kier molecular flexibility index (Phi) is 4.79. The minimum atomic E-state index is 0.567. The number of fused-ring (bicyclic) bond motifs is 2. The molecule has 0 aliphatic heterocycles. The smallest absolute Gasteiger partial charge is 0.00244 e. The van der Waals surface area contributed by atoms with Gasteiger partial charge in [-0.15, -0.1) is 13.2 Å². The van der Waals surface area contributed by atoms with Crippen molar-refractivity contribution in [2.45, 2.75) is 12.3 Å². The molecular formula is C20H23. The maximum Gasteiger partial charge on any atom is -0.00244 e. The average Bonchev–Trinajstić information content (AvgIpc) is 3.13. The van der Waals surface area contributed by atoms with E-state index in [0.717, 1.165) is 0 Å². The molecule has 0 spiro atoms. The first-order valence-electron chi connectivity index (χ1n) is 7.20. The molecule has 0 amide bonds. The summed E-state index contributed by atoms with van der Waals surface area (Å²) in [6.45, 7) is 13.9. The van der Waals surface area contributed by atoms with Crippen molar-refractivity contribution in [3.05, 3.63) is 92.4 Å². The summed E-state index contributed by atoms with van der Waals surface area (Å²) in [4.78, 5) is 0. The van der Waals surface area contributed by atoms with Gasteiger partial charge in [-0.3, -0.25) is 0 Å². The molecule has 0 saturated heterocycles. The maximum absolute atomic E-state index is 3.96. The second-order valence-corrected chi connectivity index (χ2v) is 5.32. The zero-order valence-corrected chi connectivity index (χ0v) is 12.0. The Labute approximate surface area is 123 Å². The molecular weight excluding hydrogens is 240 g/mol. The molecule has 1 radical (unpaired) electrons. The van der Waals surface area contributed by atoms with E-state index in [4.69, 9.17) is 0 Å². The zero-order valence-electron chi connectivity index (χ0n) is 12.0. The Morgan fingerprint density at radius 2 is 1.70 bits per heavy atom. The van der Waals surface area contributed by atoms with Crippen LogP contribution in [-0.4, -0.2) is 0 Å². The van der Waals surface area contributed by atoms with Crippen LogP contribution in [-0.2, 0) is 0 Å². The van der Waals surface area contributed by atoms with E-state index >= 15 is 0 Å². The van der Waals surface area contributed by atoms with E-state index in [1.54, 1.807) is 0 Å². The minimum Gasteiger partial charge on any atom is -0.106 e. The first-order chi connectivity index (χ1) is 9.85. The number of hydrogen-bond acceptors (Lipinski definition) is 0. The van der Waals surface area contributed by atoms with Crippen LogP contribution < -0.4 is 0 Å². The molecule has 0 aromatic heterocycles. The molecule has 2 aliphatic rings. The van der Waals surface area contributed by atoms with Crippen molar-refractivity contribution in [1.29, 1.82) is 0 Å². The second kappa shape index (κ2) is 6.56. The van der Waals surface area contributed by atoms with Crippen LogP contribution in [0, 0.1) is 24.7 Å². The highest BCUT2D eigenvalue weighted by atomic mass is 14.5. The summed E-state index contributed by atoms with van der Waals surface area (Å²) in [5.41, 5.74) is 2.77. The van der Waals surface area contributed by atoms with Crippen LogP contribution in [0.25, 0.3) is 0 Å². The molecule has 1 aromatic rings. The van der Waals surface area contributed by atoms with E-state index in [1.165, 1.54) is 17.6 Å².